The lowest BCUT2D eigenvalue weighted by molar-refractivity contribution is 0.540. The molecule has 1 aromatic heterocycles. The molecule has 18 heavy (non-hydrogen) atoms. The van der Waals surface area contributed by atoms with Gasteiger partial charge in [0.25, 0.3) is 0 Å². The van der Waals surface area contributed by atoms with E-state index in [-0.39, 0.29) is 6.04 Å². The lowest BCUT2D eigenvalue weighted by atomic mass is 10.1. The van der Waals surface area contributed by atoms with Crippen LogP contribution in [0.5, 0.6) is 0 Å². The van der Waals surface area contributed by atoms with E-state index in [0.29, 0.717) is 17.1 Å². The monoisotopic (exact) mass is 260 g/mol. The number of rotatable bonds is 3. The van der Waals surface area contributed by atoms with E-state index in [0.717, 1.165) is 11.3 Å². The van der Waals surface area contributed by atoms with Crippen LogP contribution in [0.2, 0.25) is 5.02 Å². The Bertz CT molecular complexity index is 595. The molecule has 1 unspecified atom stereocenters. The van der Waals surface area contributed by atoms with Crippen molar-refractivity contribution in [3.8, 4) is 17.3 Å². The number of aromatic nitrogens is 2. The van der Waals surface area contributed by atoms with Gasteiger partial charge in [-0.1, -0.05) is 17.7 Å². The maximum absolute atomic E-state index is 8.82. The van der Waals surface area contributed by atoms with Crippen LogP contribution in [0.4, 0.5) is 0 Å². The topological polar surface area (TPSA) is 67.6 Å². The smallest absolute Gasteiger partial charge is 0.101 e. The van der Waals surface area contributed by atoms with E-state index >= 15 is 0 Å². The van der Waals surface area contributed by atoms with Gasteiger partial charge < -0.3 is 5.73 Å². The van der Waals surface area contributed by atoms with Crippen LogP contribution in [0.25, 0.3) is 11.3 Å². The van der Waals surface area contributed by atoms with Crippen LogP contribution < -0.4 is 5.73 Å². The molecule has 0 amide bonds. The fraction of sp³-hybridized carbons (Fsp3) is 0.231. The third kappa shape index (κ3) is 2.70. The Labute approximate surface area is 111 Å². The lowest BCUT2D eigenvalue weighted by Crippen LogP contribution is -2.22. The number of nitriles is 1. The molecule has 2 N–H and O–H groups in total. The SMILES string of the molecule is CC(N)Cn1ccc(-c2ccc(C#N)c(Cl)c2)n1. The molecule has 1 heterocycles. The Kier molecular flexibility index (Phi) is 3.66. The second-order valence-corrected chi connectivity index (χ2v) is 4.61. The first-order valence-corrected chi connectivity index (χ1v) is 5.97. The van der Waals surface area contributed by atoms with Crippen molar-refractivity contribution in [3.63, 3.8) is 0 Å². The molecular weight excluding hydrogens is 248 g/mol. The molecule has 2 aromatic rings. The number of hydrogen-bond acceptors (Lipinski definition) is 3. The molecule has 0 aliphatic heterocycles. The lowest BCUT2D eigenvalue weighted by Gasteiger charge is -2.04. The third-order valence-corrected chi connectivity index (χ3v) is 2.81. The highest BCUT2D eigenvalue weighted by Gasteiger charge is 2.06. The number of nitrogens with zero attached hydrogens (tertiary/aromatic N) is 3. The average molecular weight is 261 g/mol. The molecule has 2 rings (SSSR count). The van der Waals surface area contributed by atoms with Crippen molar-refractivity contribution in [2.45, 2.75) is 19.5 Å². The number of hydrogen-bond donors (Lipinski definition) is 1. The van der Waals surface area contributed by atoms with E-state index < -0.39 is 0 Å². The van der Waals surface area contributed by atoms with Crippen molar-refractivity contribution in [2.75, 3.05) is 0 Å². The van der Waals surface area contributed by atoms with Gasteiger partial charge in [0, 0.05) is 17.8 Å². The molecule has 0 bridgehead atoms. The summed E-state index contributed by atoms with van der Waals surface area (Å²) in [6.45, 7) is 2.60. The predicted octanol–water partition coefficient (Wildman–Crippen LogP) is 2.42. The van der Waals surface area contributed by atoms with Crippen LogP contribution in [0.3, 0.4) is 0 Å². The first-order chi connectivity index (χ1) is 8.60. The van der Waals surface area contributed by atoms with Crippen molar-refractivity contribution in [1.29, 1.82) is 5.26 Å². The van der Waals surface area contributed by atoms with Gasteiger partial charge in [-0.3, -0.25) is 4.68 Å². The molecule has 0 saturated heterocycles. The molecule has 4 nitrogen and oxygen atoms in total. The van der Waals surface area contributed by atoms with Gasteiger partial charge in [0.2, 0.25) is 0 Å². The predicted molar refractivity (Wildman–Crippen MR) is 71.0 cm³/mol. The number of halogens is 1. The molecule has 0 aliphatic rings. The fourth-order valence-corrected chi connectivity index (χ4v) is 1.90. The standard InChI is InChI=1S/C13H13ClN4/c1-9(16)8-18-5-4-13(17-18)10-2-3-11(7-15)12(14)6-10/h2-6,9H,8,16H2,1H3. The van der Waals surface area contributed by atoms with Crippen LogP contribution in [-0.4, -0.2) is 15.8 Å². The Hall–Kier alpha value is -1.83. The fourth-order valence-electron chi connectivity index (χ4n) is 1.68. The van der Waals surface area contributed by atoms with Gasteiger partial charge in [-0.2, -0.15) is 10.4 Å². The summed E-state index contributed by atoms with van der Waals surface area (Å²) in [6, 6.07) is 9.27. The Morgan fingerprint density at radius 2 is 2.28 bits per heavy atom. The van der Waals surface area contributed by atoms with Gasteiger partial charge in [0.05, 0.1) is 22.8 Å². The Morgan fingerprint density at radius 1 is 1.50 bits per heavy atom. The molecule has 1 aromatic carbocycles. The van der Waals surface area contributed by atoms with E-state index in [1.165, 1.54) is 0 Å². The summed E-state index contributed by atoms with van der Waals surface area (Å²) in [5, 5.41) is 13.7. The molecule has 92 valence electrons. The average Bonchev–Trinajstić information content (AvgIpc) is 2.76. The van der Waals surface area contributed by atoms with Gasteiger partial charge in [-0.15, -0.1) is 0 Å². The Balaban J connectivity index is 2.29. The molecule has 0 aliphatic carbocycles. The second kappa shape index (κ2) is 5.21. The summed E-state index contributed by atoms with van der Waals surface area (Å²) in [6.07, 6.45) is 1.88. The molecule has 0 spiro atoms. The maximum Gasteiger partial charge on any atom is 0.101 e. The summed E-state index contributed by atoms with van der Waals surface area (Å²) < 4.78 is 1.80. The maximum atomic E-state index is 8.82. The molecular formula is C13H13ClN4. The van der Waals surface area contributed by atoms with Crippen LogP contribution in [0.15, 0.2) is 30.5 Å². The summed E-state index contributed by atoms with van der Waals surface area (Å²) in [5.41, 5.74) is 7.90. The molecule has 0 fully saturated rings. The van der Waals surface area contributed by atoms with Crippen molar-refractivity contribution < 1.29 is 0 Å². The van der Waals surface area contributed by atoms with Gasteiger partial charge in [0.15, 0.2) is 0 Å². The third-order valence-electron chi connectivity index (χ3n) is 2.50. The van der Waals surface area contributed by atoms with Gasteiger partial charge in [-0.05, 0) is 25.1 Å². The molecule has 0 radical (unpaired) electrons. The van der Waals surface area contributed by atoms with Crippen LogP contribution in [0.1, 0.15) is 12.5 Å². The van der Waals surface area contributed by atoms with Crippen LogP contribution in [0, 0.1) is 11.3 Å². The zero-order chi connectivity index (χ0) is 13.1. The highest BCUT2D eigenvalue weighted by molar-refractivity contribution is 6.32. The van der Waals surface area contributed by atoms with Crippen molar-refractivity contribution in [3.05, 3.63) is 41.0 Å². The van der Waals surface area contributed by atoms with E-state index in [9.17, 15) is 0 Å². The zero-order valence-electron chi connectivity index (χ0n) is 9.97. The molecule has 0 saturated carbocycles. The summed E-state index contributed by atoms with van der Waals surface area (Å²) >= 11 is 5.99. The first-order valence-electron chi connectivity index (χ1n) is 5.59. The summed E-state index contributed by atoms with van der Waals surface area (Å²) in [5.74, 6) is 0. The van der Waals surface area contributed by atoms with Gasteiger partial charge >= 0.3 is 0 Å². The number of nitrogens with two attached hydrogens (primary N) is 1. The van der Waals surface area contributed by atoms with Gasteiger partial charge in [-0.25, -0.2) is 0 Å². The van der Waals surface area contributed by atoms with E-state index in [2.05, 4.69) is 5.10 Å². The van der Waals surface area contributed by atoms with E-state index in [1.807, 2.05) is 31.3 Å². The second-order valence-electron chi connectivity index (χ2n) is 4.21. The minimum atomic E-state index is 0.0577. The van der Waals surface area contributed by atoms with Crippen LogP contribution in [-0.2, 0) is 6.54 Å². The minimum absolute atomic E-state index is 0.0577. The molecule has 5 heteroatoms. The van der Waals surface area contributed by atoms with E-state index in [1.54, 1.807) is 16.8 Å². The quantitative estimate of drug-likeness (QED) is 0.922. The van der Waals surface area contributed by atoms with Crippen molar-refractivity contribution in [2.24, 2.45) is 5.73 Å². The highest BCUT2D eigenvalue weighted by atomic mass is 35.5. The van der Waals surface area contributed by atoms with Crippen molar-refractivity contribution in [1.82, 2.24) is 9.78 Å². The summed E-state index contributed by atoms with van der Waals surface area (Å²) in [7, 11) is 0. The first kappa shape index (κ1) is 12.6. The Morgan fingerprint density at radius 3 is 2.89 bits per heavy atom. The molecule has 1 atom stereocenters. The summed E-state index contributed by atoms with van der Waals surface area (Å²) in [4.78, 5) is 0. The highest BCUT2D eigenvalue weighted by Crippen LogP contribution is 2.24. The van der Waals surface area contributed by atoms with E-state index in [4.69, 9.17) is 22.6 Å². The van der Waals surface area contributed by atoms with Crippen LogP contribution >= 0.6 is 11.6 Å². The van der Waals surface area contributed by atoms with Gasteiger partial charge in [0.1, 0.15) is 6.07 Å². The number of benzene rings is 1. The zero-order valence-corrected chi connectivity index (χ0v) is 10.7. The largest absolute Gasteiger partial charge is 0.326 e. The normalized spacial score (nSPS) is 12.1. The minimum Gasteiger partial charge on any atom is -0.326 e. The van der Waals surface area contributed by atoms with Crippen molar-refractivity contribution >= 4 is 11.6 Å².